The highest BCUT2D eigenvalue weighted by Gasteiger charge is 2.13. The molecule has 3 rings (SSSR count). The van der Waals surface area contributed by atoms with Crippen molar-refractivity contribution in [2.24, 2.45) is 0 Å². The van der Waals surface area contributed by atoms with Crippen LogP contribution in [-0.2, 0) is 11.3 Å². The molecule has 0 radical (unpaired) electrons. The summed E-state index contributed by atoms with van der Waals surface area (Å²) in [6.45, 7) is 1.79. The van der Waals surface area contributed by atoms with Gasteiger partial charge in [0.1, 0.15) is 0 Å². The third-order valence-corrected chi connectivity index (χ3v) is 3.74. The summed E-state index contributed by atoms with van der Waals surface area (Å²) in [5.41, 5.74) is 2.21. The van der Waals surface area contributed by atoms with Crippen LogP contribution in [0.5, 0.6) is 0 Å². The standard InChI is InChI=1S/C17H13BrN2O3/c1-11-5-2-3-8-14(11)17(21)22-10-15-19-16(20-23-15)12-6-4-7-13(18)9-12/h2-9H,10H2,1H3. The number of aromatic nitrogens is 2. The predicted octanol–water partition coefficient (Wildman–Crippen LogP) is 4.16. The molecule has 5 nitrogen and oxygen atoms in total. The van der Waals surface area contributed by atoms with Crippen LogP contribution in [0.1, 0.15) is 21.8 Å². The molecule has 0 saturated heterocycles. The molecule has 23 heavy (non-hydrogen) atoms. The van der Waals surface area contributed by atoms with Gasteiger partial charge in [0.25, 0.3) is 5.89 Å². The molecule has 2 aromatic carbocycles. The zero-order valence-corrected chi connectivity index (χ0v) is 13.9. The Labute approximate surface area is 141 Å². The highest BCUT2D eigenvalue weighted by Crippen LogP contribution is 2.20. The molecular formula is C17H13BrN2O3. The van der Waals surface area contributed by atoms with Gasteiger partial charge in [-0.3, -0.25) is 0 Å². The Morgan fingerprint density at radius 1 is 1.22 bits per heavy atom. The minimum absolute atomic E-state index is 0.0613. The van der Waals surface area contributed by atoms with Gasteiger partial charge < -0.3 is 9.26 Å². The van der Waals surface area contributed by atoms with Crippen LogP contribution in [0.15, 0.2) is 57.5 Å². The third kappa shape index (κ3) is 3.65. The molecule has 0 aliphatic heterocycles. The predicted molar refractivity (Wildman–Crippen MR) is 87.7 cm³/mol. The van der Waals surface area contributed by atoms with E-state index in [0.717, 1.165) is 15.6 Å². The van der Waals surface area contributed by atoms with Gasteiger partial charge in [0.15, 0.2) is 6.61 Å². The minimum atomic E-state index is -0.412. The summed E-state index contributed by atoms with van der Waals surface area (Å²) in [5.74, 6) is 0.292. The van der Waals surface area contributed by atoms with Crippen molar-refractivity contribution < 1.29 is 14.1 Å². The smallest absolute Gasteiger partial charge is 0.338 e. The van der Waals surface area contributed by atoms with E-state index in [1.165, 1.54) is 0 Å². The maximum absolute atomic E-state index is 12.0. The van der Waals surface area contributed by atoms with Crippen molar-refractivity contribution in [3.8, 4) is 11.4 Å². The first-order chi connectivity index (χ1) is 11.1. The van der Waals surface area contributed by atoms with Crippen LogP contribution in [0.25, 0.3) is 11.4 Å². The zero-order valence-electron chi connectivity index (χ0n) is 12.3. The van der Waals surface area contributed by atoms with Gasteiger partial charge in [-0.2, -0.15) is 4.98 Å². The molecule has 0 aliphatic rings. The Morgan fingerprint density at radius 3 is 2.83 bits per heavy atom. The van der Waals surface area contributed by atoms with Gasteiger partial charge in [-0.1, -0.05) is 51.4 Å². The molecule has 0 unspecified atom stereocenters. The summed E-state index contributed by atoms with van der Waals surface area (Å²) < 4.78 is 11.3. The van der Waals surface area contributed by atoms with Gasteiger partial charge in [0, 0.05) is 10.0 Å². The van der Waals surface area contributed by atoms with Crippen molar-refractivity contribution in [3.63, 3.8) is 0 Å². The summed E-state index contributed by atoms with van der Waals surface area (Å²) in [7, 11) is 0. The van der Waals surface area contributed by atoms with E-state index in [1.807, 2.05) is 43.3 Å². The molecule has 0 aliphatic carbocycles. The van der Waals surface area contributed by atoms with E-state index in [2.05, 4.69) is 26.1 Å². The molecule has 0 fully saturated rings. The lowest BCUT2D eigenvalue weighted by atomic mass is 10.1. The van der Waals surface area contributed by atoms with E-state index in [-0.39, 0.29) is 12.5 Å². The molecule has 0 amide bonds. The van der Waals surface area contributed by atoms with Crippen LogP contribution in [-0.4, -0.2) is 16.1 Å². The lowest BCUT2D eigenvalue weighted by molar-refractivity contribution is 0.0429. The summed E-state index contributed by atoms with van der Waals surface area (Å²) in [6, 6.07) is 14.8. The fraction of sp³-hybridized carbons (Fsp3) is 0.118. The van der Waals surface area contributed by atoms with Crippen LogP contribution in [0, 0.1) is 6.92 Å². The molecular weight excluding hydrogens is 360 g/mol. The fourth-order valence-electron chi connectivity index (χ4n) is 2.07. The number of aryl methyl sites for hydroxylation is 1. The lowest BCUT2D eigenvalue weighted by Crippen LogP contribution is -2.07. The van der Waals surface area contributed by atoms with Crippen molar-refractivity contribution >= 4 is 21.9 Å². The van der Waals surface area contributed by atoms with E-state index in [0.29, 0.717) is 11.4 Å². The number of halogens is 1. The number of ether oxygens (including phenoxy) is 1. The lowest BCUT2D eigenvalue weighted by Gasteiger charge is -2.04. The third-order valence-electron chi connectivity index (χ3n) is 3.24. The Hall–Kier alpha value is -2.47. The van der Waals surface area contributed by atoms with Crippen LogP contribution >= 0.6 is 15.9 Å². The molecule has 6 heteroatoms. The number of esters is 1. The van der Waals surface area contributed by atoms with Crippen molar-refractivity contribution in [2.45, 2.75) is 13.5 Å². The molecule has 3 aromatic rings. The second kappa shape index (κ2) is 6.75. The molecule has 0 spiro atoms. The van der Waals surface area contributed by atoms with Gasteiger partial charge in [-0.05, 0) is 30.7 Å². The highest BCUT2D eigenvalue weighted by atomic mass is 79.9. The van der Waals surface area contributed by atoms with Gasteiger partial charge >= 0.3 is 5.97 Å². The van der Waals surface area contributed by atoms with Crippen molar-refractivity contribution in [3.05, 3.63) is 70.0 Å². The van der Waals surface area contributed by atoms with Crippen LogP contribution in [0.2, 0.25) is 0 Å². The number of rotatable bonds is 4. The second-order valence-corrected chi connectivity index (χ2v) is 5.83. The fourth-order valence-corrected chi connectivity index (χ4v) is 2.46. The Kier molecular flexibility index (Phi) is 4.52. The number of hydrogen-bond acceptors (Lipinski definition) is 5. The number of benzene rings is 2. The van der Waals surface area contributed by atoms with Crippen molar-refractivity contribution in [1.82, 2.24) is 10.1 Å². The summed E-state index contributed by atoms with van der Waals surface area (Å²) in [5, 5.41) is 3.90. The van der Waals surface area contributed by atoms with E-state index in [4.69, 9.17) is 9.26 Å². The monoisotopic (exact) mass is 372 g/mol. The topological polar surface area (TPSA) is 65.2 Å². The van der Waals surface area contributed by atoms with Gasteiger partial charge in [0.05, 0.1) is 5.56 Å². The van der Waals surface area contributed by atoms with Gasteiger partial charge in [0.2, 0.25) is 5.82 Å². The quantitative estimate of drug-likeness (QED) is 0.643. The first kappa shape index (κ1) is 15.4. The second-order valence-electron chi connectivity index (χ2n) is 4.91. The molecule has 1 heterocycles. The zero-order chi connectivity index (χ0) is 16.2. The largest absolute Gasteiger partial charge is 0.452 e. The maximum atomic E-state index is 12.0. The van der Waals surface area contributed by atoms with E-state index in [9.17, 15) is 4.79 Å². The van der Waals surface area contributed by atoms with E-state index >= 15 is 0 Å². The SMILES string of the molecule is Cc1ccccc1C(=O)OCc1nc(-c2cccc(Br)c2)no1. The van der Waals surface area contributed by atoms with E-state index < -0.39 is 5.97 Å². The number of hydrogen-bond donors (Lipinski definition) is 0. The van der Waals surface area contributed by atoms with Crippen LogP contribution in [0.3, 0.4) is 0 Å². The molecule has 0 atom stereocenters. The first-order valence-corrected chi connectivity index (χ1v) is 7.74. The van der Waals surface area contributed by atoms with Crippen LogP contribution < -0.4 is 0 Å². The Morgan fingerprint density at radius 2 is 2.04 bits per heavy atom. The Bertz CT molecular complexity index is 845. The number of nitrogens with zero attached hydrogens (tertiary/aromatic N) is 2. The molecule has 116 valence electrons. The average molecular weight is 373 g/mol. The normalized spacial score (nSPS) is 10.5. The minimum Gasteiger partial charge on any atom is -0.452 e. The van der Waals surface area contributed by atoms with Crippen molar-refractivity contribution in [1.29, 1.82) is 0 Å². The number of carbonyl (C=O) groups excluding carboxylic acids is 1. The summed E-state index contributed by atoms with van der Waals surface area (Å²) in [6.07, 6.45) is 0. The van der Waals surface area contributed by atoms with Gasteiger partial charge in [-0.15, -0.1) is 0 Å². The average Bonchev–Trinajstić information content (AvgIpc) is 3.02. The molecule has 0 bridgehead atoms. The highest BCUT2D eigenvalue weighted by molar-refractivity contribution is 9.10. The molecule has 0 saturated carbocycles. The van der Waals surface area contributed by atoms with Gasteiger partial charge in [-0.25, -0.2) is 4.79 Å². The Balaban J connectivity index is 1.68. The van der Waals surface area contributed by atoms with Crippen molar-refractivity contribution in [2.75, 3.05) is 0 Å². The summed E-state index contributed by atoms with van der Waals surface area (Å²) >= 11 is 3.39. The maximum Gasteiger partial charge on any atom is 0.338 e. The molecule has 1 aromatic heterocycles. The van der Waals surface area contributed by atoms with E-state index in [1.54, 1.807) is 12.1 Å². The summed E-state index contributed by atoms with van der Waals surface area (Å²) in [4.78, 5) is 16.3. The molecule has 0 N–H and O–H groups in total. The number of carbonyl (C=O) groups is 1. The van der Waals surface area contributed by atoms with Crippen LogP contribution in [0.4, 0.5) is 0 Å². The first-order valence-electron chi connectivity index (χ1n) is 6.95.